The first-order valence-corrected chi connectivity index (χ1v) is 3.09. The van der Waals surface area contributed by atoms with Gasteiger partial charge in [0.05, 0.1) is 5.04 Å². The molecule has 0 saturated heterocycles. The lowest BCUT2D eigenvalue weighted by Crippen LogP contribution is -1.79. The molecule has 0 aromatic carbocycles. The fourth-order valence-electron chi connectivity index (χ4n) is 0.468. The SMILES string of the molecule is CN=C1CC=CS1. The molecule has 2 heteroatoms. The summed E-state index contributed by atoms with van der Waals surface area (Å²) in [7, 11) is 1.83. The van der Waals surface area contributed by atoms with Crippen LogP contribution in [0.5, 0.6) is 0 Å². The summed E-state index contributed by atoms with van der Waals surface area (Å²) in [6, 6.07) is 0. The van der Waals surface area contributed by atoms with Gasteiger partial charge in [0.25, 0.3) is 0 Å². The van der Waals surface area contributed by atoms with Crippen molar-refractivity contribution in [2.24, 2.45) is 4.99 Å². The molecule has 0 radical (unpaired) electrons. The summed E-state index contributed by atoms with van der Waals surface area (Å²) < 4.78 is 0. The predicted octanol–water partition coefficient (Wildman–Crippen LogP) is 1.67. The first kappa shape index (κ1) is 4.91. The highest BCUT2D eigenvalue weighted by Gasteiger charge is 1.97. The molecule has 0 aromatic heterocycles. The molecule has 7 heavy (non-hydrogen) atoms. The van der Waals surface area contributed by atoms with E-state index in [2.05, 4.69) is 16.5 Å². The molecule has 0 N–H and O–H groups in total. The van der Waals surface area contributed by atoms with Gasteiger partial charge in [0.1, 0.15) is 0 Å². The molecule has 1 heterocycles. The molecule has 38 valence electrons. The topological polar surface area (TPSA) is 12.4 Å². The number of aliphatic imine (C=N–C) groups is 1. The van der Waals surface area contributed by atoms with Crippen LogP contribution in [0.25, 0.3) is 0 Å². The van der Waals surface area contributed by atoms with Gasteiger partial charge in [-0.3, -0.25) is 4.99 Å². The Labute approximate surface area is 47.5 Å². The monoisotopic (exact) mass is 113 g/mol. The van der Waals surface area contributed by atoms with Crippen molar-refractivity contribution in [3.63, 3.8) is 0 Å². The zero-order valence-corrected chi connectivity index (χ0v) is 5.03. The lowest BCUT2D eigenvalue weighted by Gasteiger charge is -1.84. The fourth-order valence-corrected chi connectivity index (χ4v) is 1.12. The number of hydrogen-bond donors (Lipinski definition) is 0. The van der Waals surface area contributed by atoms with Gasteiger partial charge < -0.3 is 0 Å². The molecular formula is C5H7NS. The van der Waals surface area contributed by atoms with Crippen LogP contribution in [0.2, 0.25) is 0 Å². The van der Waals surface area contributed by atoms with E-state index >= 15 is 0 Å². The fraction of sp³-hybridized carbons (Fsp3) is 0.400. The third-order valence-corrected chi connectivity index (χ3v) is 1.79. The minimum Gasteiger partial charge on any atom is -0.286 e. The van der Waals surface area contributed by atoms with E-state index in [1.54, 1.807) is 11.8 Å². The van der Waals surface area contributed by atoms with Crippen LogP contribution in [0.1, 0.15) is 6.42 Å². The molecule has 0 bridgehead atoms. The molecular weight excluding hydrogens is 106 g/mol. The smallest absolute Gasteiger partial charge is 0.0752 e. The Balaban J connectivity index is 2.51. The molecule has 0 saturated carbocycles. The lowest BCUT2D eigenvalue weighted by molar-refractivity contribution is 1.40. The quantitative estimate of drug-likeness (QED) is 0.465. The molecule has 0 fully saturated rings. The van der Waals surface area contributed by atoms with Crippen LogP contribution in [0, 0.1) is 0 Å². The molecule has 1 nitrogen and oxygen atoms in total. The molecule has 0 aliphatic carbocycles. The number of hydrogen-bond acceptors (Lipinski definition) is 2. The van der Waals surface area contributed by atoms with Gasteiger partial charge in [-0.05, 0) is 5.41 Å². The van der Waals surface area contributed by atoms with Crippen molar-refractivity contribution in [1.82, 2.24) is 0 Å². The Morgan fingerprint density at radius 3 is 3.00 bits per heavy atom. The van der Waals surface area contributed by atoms with Crippen molar-refractivity contribution >= 4 is 16.8 Å². The van der Waals surface area contributed by atoms with Gasteiger partial charge in [-0.1, -0.05) is 17.8 Å². The van der Waals surface area contributed by atoms with E-state index in [4.69, 9.17) is 0 Å². The zero-order valence-electron chi connectivity index (χ0n) is 4.22. The average molecular weight is 113 g/mol. The summed E-state index contributed by atoms with van der Waals surface area (Å²) in [5.74, 6) is 0. The maximum absolute atomic E-state index is 4.00. The van der Waals surface area contributed by atoms with E-state index in [0.717, 1.165) is 6.42 Å². The maximum atomic E-state index is 4.00. The normalized spacial score (nSPS) is 24.4. The van der Waals surface area contributed by atoms with Crippen molar-refractivity contribution < 1.29 is 0 Å². The second-order valence-corrected chi connectivity index (χ2v) is 2.29. The van der Waals surface area contributed by atoms with E-state index in [-0.39, 0.29) is 0 Å². The predicted molar refractivity (Wildman–Crippen MR) is 34.7 cm³/mol. The highest BCUT2D eigenvalue weighted by atomic mass is 32.2. The summed E-state index contributed by atoms with van der Waals surface area (Å²) in [5, 5.41) is 3.29. The highest BCUT2D eigenvalue weighted by Crippen LogP contribution is 2.16. The first-order valence-electron chi connectivity index (χ1n) is 2.21. The Morgan fingerprint density at radius 1 is 1.86 bits per heavy atom. The third-order valence-electron chi connectivity index (χ3n) is 0.842. The van der Waals surface area contributed by atoms with E-state index in [1.807, 2.05) is 7.05 Å². The number of nitrogens with zero attached hydrogens (tertiary/aromatic N) is 1. The van der Waals surface area contributed by atoms with Gasteiger partial charge in [0, 0.05) is 13.5 Å². The minimum absolute atomic E-state index is 1.04. The van der Waals surface area contributed by atoms with E-state index in [9.17, 15) is 0 Å². The van der Waals surface area contributed by atoms with Crippen LogP contribution in [0.15, 0.2) is 16.5 Å². The third kappa shape index (κ3) is 1.06. The summed E-state index contributed by atoms with van der Waals surface area (Å²) in [5.41, 5.74) is 0. The van der Waals surface area contributed by atoms with Gasteiger partial charge in [0.15, 0.2) is 0 Å². The van der Waals surface area contributed by atoms with Gasteiger partial charge in [-0.15, -0.1) is 0 Å². The van der Waals surface area contributed by atoms with Crippen LogP contribution in [-0.2, 0) is 0 Å². The number of allylic oxidation sites excluding steroid dienone is 1. The van der Waals surface area contributed by atoms with Crippen LogP contribution < -0.4 is 0 Å². The standard InChI is InChI=1S/C5H7NS/c1-6-5-3-2-4-7-5/h2,4H,3H2,1H3. The molecule has 1 rings (SSSR count). The minimum atomic E-state index is 1.04. The zero-order chi connectivity index (χ0) is 5.11. The first-order chi connectivity index (χ1) is 3.43. The second-order valence-electron chi connectivity index (χ2n) is 1.31. The summed E-state index contributed by atoms with van der Waals surface area (Å²) >= 11 is 1.71. The van der Waals surface area contributed by atoms with Crippen LogP contribution >= 0.6 is 11.8 Å². The number of thioether (sulfide) groups is 1. The molecule has 1 aliphatic rings. The molecule has 0 spiro atoms. The van der Waals surface area contributed by atoms with Crippen molar-refractivity contribution in [1.29, 1.82) is 0 Å². The summed E-state index contributed by atoms with van der Waals surface area (Å²) in [4.78, 5) is 4.00. The maximum Gasteiger partial charge on any atom is 0.0752 e. The Hall–Kier alpha value is -0.240. The molecule has 0 amide bonds. The van der Waals surface area contributed by atoms with Crippen molar-refractivity contribution in [2.45, 2.75) is 6.42 Å². The van der Waals surface area contributed by atoms with Crippen LogP contribution in [0.4, 0.5) is 0 Å². The lowest BCUT2D eigenvalue weighted by atomic mass is 10.5. The van der Waals surface area contributed by atoms with Crippen molar-refractivity contribution in [3.8, 4) is 0 Å². The average Bonchev–Trinajstić information content (AvgIpc) is 2.14. The number of rotatable bonds is 0. The molecule has 0 unspecified atom stereocenters. The summed E-state index contributed by atoms with van der Waals surface area (Å²) in [6.45, 7) is 0. The van der Waals surface area contributed by atoms with E-state index in [1.165, 1.54) is 5.04 Å². The Kier molecular flexibility index (Phi) is 1.52. The molecule has 0 aromatic rings. The molecule has 1 aliphatic heterocycles. The molecule has 0 atom stereocenters. The van der Waals surface area contributed by atoms with Gasteiger partial charge in [-0.2, -0.15) is 0 Å². The van der Waals surface area contributed by atoms with Gasteiger partial charge >= 0.3 is 0 Å². The Bertz CT molecular complexity index is 105. The van der Waals surface area contributed by atoms with Crippen molar-refractivity contribution in [2.75, 3.05) is 7.05 Å². The van der Waals surface area contributed by atoms with E-state index in [0.29, 0.717) is 0 Å². The largest absolute Gasteiger partial charge is 0.286 e. The second kappa shape index (κ2) is 2.17. The van der Waals surface area contributed by atoms with Gasteiger partial charge in [-0.25, -0.2) is 0 Å². The van der Waals surface area contributed by atoms with Gasteiger partial charge in [0.2, 0.25) is 0 Å². The van der Waals surface area contributed by atoms with Crippen LogP contribution in [-0.4, -0.2) is 12.1 Å². The summed E-state index contributed by atoms with van der Waals surface area (Å²) in [6.07, 6.45) is 3.16. The highest BCUT2D eigenvalue weighted by molar-refractivity contribution is 8.16. The van der Waals surface area contributed by atoms with Crippen LogP contribution in [0.3, 0.4) is 0 Å². The van der Waals surface area contributed by atoms with Crippen molar-refractivity contribution in [3.05, 3.63) is 11.5 Å². The Morgan fingerprint density at radius 2 is 2.71 bits per heavy atom. The van der Waals surface area contributed by atoms with E-state index < -0.39 is 0 Å².